The summed E-state index contributed by atoms with van der Waals surface area (Å²) in [6, 6.07) is 14.0. The van der Waals surface area contributed by atoms with Gasteiger partial charge in [0.05, 0.1) is 5.71 Å². The van der Waals surface area contributed by atoms with Crippen LogP contribution in [0.15, 0.2) is 52.8 Å². The number of nitrogens with zero attached hydrogens (tertiary/aromatic N) is 2. The molecule has 0 aliphatic heterocycles. The first kappa shape index (κ1) is 23.1. The number of likely N-dealkylation sites (N-methyl/N-ethyl adjacent to an activating group) is 1. The molecular formula is C24H31N3O3. The van der Waals surface area contributed by atoms with Crippen LogP contribution in [0.25, 0.3) is 0 Å². The molecule has 0 saturated carbocycles. The van der Waals surface area contributed by atoms with Crippen LogP contribution in [0.1, 0.15) is 55.5 Å². The van der Waals surface area contributed by atoms with E-state index >= 15 is 0 Å². The van der Waals surface area contributed by atoms with Crippen molar-refractivity contribution in [3.05, 3.63) is 70.3 Å². The Labute approximate surface area is 179 Å². The molecule has 0 fully saturated rings. The van der Waals surface area contributed by atoms with E-state index in [4.69, 9.17) is 9.68 Å². The van der Waals surface area contributed by atoms with Gasteiger partial charge in [-0.2, -0.15) is 0 Å². The molecular weight excluding hydrogens is 378 g/mol. The van der Waals surface area contributed by atoms with Crippen LogP contribution in [-0.2, 0) is 26.5 Å². The lowest BCUT2D eigenvalue weighted by Crippen LogP contribution is -2.29. The number of benzene rings is 2. The third kappa shape index (κ3) is 5.69. The number of rotatable bonds is 7. The fourth-order valence-corrected chi connectivity index (χ4v) is 3.00. The van der Waals surface area contributed by atoms with E-state index in [2.05, 4.69) is 48.5 Å². The zero-order valence-electron chi connectivity index (χ0n) is 18.9. The van der Waals surface area contributed by atoms with Gasteiger partial charge in [0.15, 0.2) is 5.71 Å². The van der Waals surface area contributed by atoms with Gasteiger partial charge in [-0.25, -0.2) is 0 Å². The van der Waals surface area contributed by atoms with Gasteiger partial charge in [-0.05, 0) is 42.0 Å². The monoisotopic (exact) mass is 409 g/mol. The van der Waals surface area contributed by atoms with Gasteiger partial charge in [0.2, 0.25) is 0 Å². The lowest BCUT2D eigenvalue weighted by atomic mass is 9.86. The van der Waals surface area contributed by atoms with E-state index in [9.17, 15) is 4.79 Å². The Hall–Kier alpha value is -3.15. The van der Waals surface area contributed by atoms with Crippen molar-refractivity contribution in [3.8, 4) is 0 Å². The van der Waals surface area contributed by atoms with E-state index in [0.29, 0.717) is 5.56 Å². The van der Waals surface area contributed by atoms with Crippen LogP contribution in [0.5, 0.6) is 0 Å². The second-order valence-electron chi connectivity index (χ2n) is 8.08. The summed E-state index contributed by atoms with van der Waals surface area (Å²) in [5.41, 5.74) is 5.75. The minimum atomic E-state index is -0.331. The van der Waals surface area contributed by atoms with E-state index in [1.54, 1.807) is 7.05 Å². The Morgan fingerprint density at radius 2 is 1.80 bits per heavy atom. The fourth-order valence-electron chi connectivity index (χ4n) is 3.00. The Bertz CT molecular complexity index is 956. The summed E-state index contributed by atoms with van der Waals surface area (Å²) >= 11 is 0. The highest BCUT2D eigenvalue weighted by Gasteiger charge is 2.19. The molecule has 0 aromatic heterocycles. The number of oxime groups is 2. The first-order valence-electron chi connectivity index (χ1n) is 9.88. The maximum Gasteiger partial charge on any atom is 0.273 e. The van der Waals surface area contributed by atoms with Gasteiger partial charge in [-0.3, -0.25) is 4.79 Å². The number of nitrogens with one attached hydrogen (secondary N) is 1. The van der Waals surface area contributed by atoms with E-state index in [-0.39, 0.29) is 23.6 Å². The number of hydrogen-bond acceptors (Lipinski definition) is 5. The normalized spacial score (nSPS) is 12.5. The van der Waals surface area contributed by atoms with Gasteiger partial charge in [-0.1, -0.05) is 67.5 Å². The predicted molar refractivity (Wildman–Crippen MR) is 121 cm³/mol. The quantitative estimate of drug-likeness (QED) is 0.546. The van der Waals surface area contributed by atoms with Crippen LogP contribution >= 0.6 is 0 Å². The van der Waals surface area contributed by atoms with Gasteiger partial charge in [0.1, 0.15) is 13.7 Å². The molecule has 0 unspecified atom stereocenters. The van der Waals surface area contributed by atoms with Gasteiger partial charge in [-0.15, -0.1) is 0 Å². The van der Waals surface area contributed by atoms with Crippen molar-refractivity contribution < 1.29 is 14.5 Å². The van der Waals surface area contributed by atoms with Crippen molar-refractivity contribution in [2.45, 2.75) is 46.6 Å². The number of aryl methyl sites for hydroxylation is 1. The summed E-state index contributed by atoms with van der Waals surface area (Å²) < 4.78 is 0. The lowest BCUT2D eigenvalue weighted by Gasteiger charge is -2.19. The Kier molecular flexibility index (Phi) is 7.75. The molecule has 0 aliphatic rings. The highest BCUT2D eigenvalue weighted by molar-refractivity contribution is 6.45. The molecule has 1 amide bonds. The summed E-state index contributed by atoms with van der Waals surface area (Å²) in [5.74, 6) is -0.331. The molecule has 0 aliphatic carbocycles. The van der Waals surface area contributed by atoms with Crippen LogP contribution in [0.3, 0.4) is 0 Å². The van der Waals surface area contributed by atoms with Crippen molar-refractivity contribution in [2.75, 3.05) is 14.2 Å². The van der Waals surface area contributed by atoms with Crippen molar-refractivity contribution in [1.82, 2.24) is 5.32 Å². The zero-order chi connectivity index (χ0) is 22.3. The number of amides is 1. The number of carbonyl (C=O) groups is 1. The Morgan fingerprint density at radius 3 is 2.43 bits per heavy atom. The van der Waals surface area contributed by atoms with Crippen LogP contribution in [0.2, 0.25) is 0 Å². The molecule has 2 rings (SSSR count). The van der Waals surface area contributed by atoms with E-state index in [1.807, 2.05) is 44.2 Å². The Balaban J connectivity index is 2.28. The second-order valence-corrected chi connectivity index (χ2v) is 8.08. The van der Waals surface area contributed by atoms with Gasteiger partial charge in [0.25, 0.3) is 5.91 Å². The summed E-state index contributed by atoms with van der Waals surface area (Å²) in [4.78, 5) is 22.8. The standard InChI is InChI=1S/C24H31N3O3/c1-16-10-8-13-20(22(27-29-7)23(28)25-6)21(16)15-30-26-17(2)18-11-9-12-19(14-18)24(3,4)5/h8-14H,15H2,1-7H3,(H,25,28)/b26-17+,27-22+. The highest BCUT2D eigenvalue weighted by Crippen LogP contribution is 2.23. The molecule has 0 radical (unpaired) electrons. The number of hydrogen-bond donors (Lipinski definition) is 1. The minimum Gasteiger partial charge on any atom is -0.398 e. The van der Waals surface area contributed by atoms with Gasteiger partial charge in [0, 0.05) is 18.2 Å². The SMILES string of the molecule is CNC(=O)/C(=N/OC)c1cccc(C)c1CO/N=C(\C)c1cccc(C(C)(C)C)c1. The van der Waals surface area contributed by atoms with Gasteiger partial charge < -0.3 is 15.0 Å². The average Bonchev–Trinajstić information content (AvgIpc) is 2.72. The summed E-state index contributed by atoms with van der Waals surface area (Å²) in [7, 11) is 2.97. The minimum absolute atomic E-state index is 0.0597. The first-order valence-corrected chi connectivity index (χ1v) is 9.88. The van der Waals surface area contributed by atoms with Crippen molar-refractivity contribution >= 4 is 17.3 Å². The lowest BCUT2D eigenvalue weighted by molar-refractivity contribution is -0.114. The molecule has 1 N–H and O–H groups in total. The van der Waals surface area contributed by atoms with Crippen LogP contribution in [0, 0.1) is 6.92 Å². The smallest absolute Gasteiger partial charge is 0.273 e. The zero-order valence-corrected chi connectivity index (χ0v) is 18.9. The molecule has 160 valence electrons. The largest absolute Gasteiger partial charge is 0.398 e. The van der Waals surface area contributed by atoms with Gasteiger partial charge >= 0.3 is 0 Å². The third-order valence-electron chi connectivity index (χ3n) is 4.85. The molecule has 0 heterocycles. The first-order chi connectivity index (χ1) is 14.2. The van der Waals surface area contributed by atoms with E-state index < -0.39 is 0 Å². The molecule has 6 heteroatoms. The number of carbonyl (C=O) groups excluding carboxylic acids is 1. The third-order valence-corrected chi connectivity index (χ3v) is 4.85. The topological polar surface area (TPSA) is 72.3 Å². The molecule has 2 aromatic rings. The fraction of sp³-hybridized carbons (Fsp3) is 0.375. The molecule has 0 bridgehead atoms. The maximum absolute atomic E-state index is 12.3. The van der Waals surface area contributed by atoms with Crippen LogP contribution in [-0.4, -0.2) is 31.5 Å². The second kappa shape index (κ2) is 10.1. The average molecular weight is 410 g/mol. The molecule has 0 saturated heterocycles. The van der Waals surface area contributed by atoms with Crippen molar-refractivity contribution in [1.29, 1.82) is 0 Å². The van der Waals surface area contributed by atoms with E-state index in [0.717, 1.165) is 22.4 Å². The molecule has 6 nitrogen and oxygen atoms in total. The summed E-state index contributed by atoms with van der Waals surface area (Å²) in [6.07, 6.45) is 0. The van der Waals surface area contributed by atoms with Crippen LogP contribution in [0.4, 0.5) is 0 Å². The molecule has 0 spiro atoms. The molecule has 30 heavy (non-hydrogen) atoms. The van der Waals surface area contributed by atoms with Crippen LogP contribution < -0.4 is 5.32 Å². The molecule has 2 aromatic carbocycles. The van der Waals surface area contributed by atoms with E-state index in [1.165, 1.54) is 12.7 Å². The summed E-state index contributed by atoms with van der Waals surface area (Å²) in [5, 5.41) is 10.8. The molecule has 0 atom stereocenters. The van der Waals surface area contributed by atoms with Crippen molar-refractivity contribution in [3.63, 3.8) is 0 Å². The Morgan fingerprint density at radius 1 is 1.10 bits per heavy atom. The summed E-state index contributed by atoms with van der Waals surface area (Å²) in [6.45, 7) is 10.6. The highest BCUT2D eigenvalue weighted by atomic mass is 16.6. The predicted octanol–water partition coefficient (Wildman–Crippen LogP) is 4.33. The maximum atomic E-state index is 12.3. The van der Waals surface area contributed by atoms with Crippen molar-refractivity contribution in [2.24, 2.45) is 10.3 Å².